The third-order valence-corrected chi connectivity index (χ3v) is 3.96. The SMILES string of the molecule is Cc1c(Cl)cccc1-n1nnc(C=O)c1C1CCCO1. The van der Waals surface area contributed by atoms with Crippen LogP contribution in [0.1, 0.15) is 40.7 Å². The highest BCUT2D eigenvalue weighted by Gasteiger charge is 2.27. The van der Waals surface area contributed by atoms with Gasteiger partial charge in [-0.2, -0.15) is 0 Å². The van der Waals surface area contributed by atoms with Crippen LogP contribution in [0, 0.1) is 6.92 Å². The molecule has 2 aromatic rings. The van der Waals surface area contributed by atoms with Gasteiger partial charge in [-0.3, -0.25) is 4.79 Å². The molecule has 2 heterocycles. The molecule has 5 nitrogen and oxygen atoms in total. The molecule has 0 bridgehead atoms. The molecule has 1 aliphatic rings. The molecule has 1 aromatic heterocycles. The molecule has 6 heteroatoms. The topological polar surface area (TPSA) is 57.0 Å². The van der Waals surface area contributed by atoms with Gasteiger partial charge in [-0.15, -0.1) is 5.10 Å². The third kappa shape index (κ3) is 2.13. The van der Waals surface area contributed by atoms with Crippen LogP contribution in [0.3, 0.4) is 0 Å². The Bertz CT molecular complexity index is 648. The van der Waals surface area contributed by atoms with Gasteiger partial charge in [0.2, 0.25) is 0 Å². The van der Waals surface area contributed by atoms with Crippen LogP contribution in [0.25, 0.3) is 5.69 Å². The van der Waals surface area contributed by atoms with Gasteiger partial charge in [-0.05, 0) is 37.5 Å². The van der Waals surface area contributed by atoms with E-state index in [1.54, 1.807) is 4.68 Å². The maximum Gasteiger partial charge on any atom is 0.172 e. The summed E-state index contributed by atoms with van der Waals surface area (Å²) in [5.74, 6) is 0. The van der Waals surface area contributed by atoms with E-state index in [2.05, 4.69) is 10.3 Å². The van der Waals surface area contributed by atoms with E-state index in [1.807, 2.05) is 25.1 Å². The van der Waals surface area contributed by atoms with Crippen LogP contribution in [0.5, 0.6) is 0 Å². The lowest BCUT2D eigenvalue weighted by Gasteiger charge is -2.14. The number of ether oxygens (including phenoxy) is 1. The van der Waals surface area contributed by atoms with E-state index in [-0.39, 0.29) is 6.10 Å². The van der Waals surface area contributed by atoms with Crippen molar-refractivity contribution >= 4 is 17.9 Å². The Kier molecular flexibility index (Phi) is 3.54. The van der Waals surface area contributed by atoms with Gasteiger partial charge in [0.25, 0.3) is 0 Å². The van der Waals surface area contributed by atoms with E-state index in [4.69, 9.17) is 16.3 Å². The van der Waals surface area contributed by atoms with Crippen molar-refractivity contribution in [3.8, 4) is 5.69 Å². The van der Waals surface area contributed by atoms with Gasteiger partial charge in [0.15, 0.2) is 12.0 Å². The number of aromatic nitrogens is 3. The highest BCUT2D eigenvalue weighted by atomic mass is 35.5. The predicted octanol–water partition coefficient (Wildman–Crippen LogP) is 2.89. The number of carbonyl (C=O) groups excluding carboxylic acids is 1. The number of aldehydes is 1. The highest BCUT2D eigenvalue weighted by Crippen LogP contribution is 2.32. The second kappa shape index (κ2) is 5.34. The fourth-order valence-corrected chi connectivity index (χ4v) is 2.65. The second-order valence-corrected chi connectivity index (χ2v) is 5.18. The molecule has 3 rings (SSSR count). The van der Waals surface area contributed by atoms with Crippen LogP contribution in [0.15, 0.2) is 18.2 Å². The van der Waals surface area contributed by atoms with E-state index < -0.39 is 0 Å². The molecule has 0 radical (unpaired) electrons. The molecule has 1 atom stereocenters. The van der Waals surface area contributed by atoms with Crippen molar-refractivity contribution < 1.29 is 9.53 Å². The number of carbonyl (C=O) groups is 1. The minimum absolute atomic E-state index is 0.136. The van der Waals surface area contributed by atoms with Gasteiger partial charge < -0.3 is 4.74 Å². The molecule has 1 aromatic carbocycles. The molecule has 20 heavy (non-hydrogen) atoms. The molecule has 0 amide bonds. The third-order valence-electron chi connectivity index (χ3n) is 3.55. The summed E-state index contributed by atoms with van der Waals surface area (Å²) in [6, 6.07) is 5.58. The molecule has 0 N–H and O–H groups in total. The number of nitrogens with zero attached hydrogens (tertiary/aromatic N) is 3. The van der Waals surface area contributed by atoms with Crippen LogP contribution in [0.2, 0.25) is 5.02 Å². The Morgan fingerprint density at radius 1 is 1.50 bits per heavy atom. The number of hydrogen-bond donors (Lipinski definition) is 0. The van der Waals surface area contributed by atoms with Crippen molar-refractivity contribution in [1.29, 1.82) is 0 Å². The summed E-state index contributed by atoms with van der Waals surface area (Å²) in [5, 5.41) is 8.71. The van der Waals surface area contributed by atoms with Gasteiger partial charge in [-0.1, -0.05) is 22.9 Å². The Morgan fingerprint density at radius 2 is 2.35 bits per heavy atom. The number of halogens is 1. The summed E-state index contributed by atoms with van der Waals surface area (Å²) in [4.78, 5) is 11.2. The molecule has 1 fully saturated rings. The normalized spacial score (nSPS) is 18.4. The summed E-state index contributed by atoms with van der Waals surface area (Å²) < 4.78 is 7.35. The first-order chi connectivity index (χ1) is 9.72. The van der Waals surface area contributed by atoms with Crippen LogP contribution in [-0.2, 0) is 4.74 Å². The standard InChI is InChI=1S/C14H14ClN3O2/c1-9-10(15)4-2-5-12(9)18-14(11(8-19)16-17-18)13-6-3-7-20-13/h2,4-5,8,13H,3,6-7H2,1H3. The number of benzene rings is 1. The number of rotatable bonds is 3. The van der Waals surface area contributed by atoms with Gasteiger partial charge in [0, 0.05) is 11.6 Å². The van der Waals surface area contributed by atoms with Crippen LogP contribution in [-0.4, -0.2) is 27.9 Å². The Balaban J connectivity index is 2.16. The van der Waals surface area contributed by atoms with Crippen LogP contribution in [0.4, 0.5) is 0 Å². The zero-order valence-corrected chi connectivity index (χ0v) is 11.8. The fourth-order valence-electron chi connectivity index (χ4n) is 2.48. The van der Waals surface area contributed by atoms with Crippen molar-refractivity contribution in [2.45, 2.75) is 25.9 Å². The minimum Gasteiger partial charge on any atom is -0.372 e. The zero-order valence-electron chi connectivity index (χ0n) is 11.0. The maximum absolute atomic E-state index is 11.2. The predicted molar refractivity (Wildman–Crippen MR) is 74.4 cm³/mol. The molecule has 104 valence electrons. The first kappa shape index (κ1) is 13.3. The summed E-state index contributed by atoms with van der Waals surface area (Å²) in [5.41, 5.74) is 2.76. The van der Waals surface area contributed by atoms with Gasteiger partial charge >= 0.3 is 0 Å². The lowest BCUT2D eigenvalue weighted by molar-refractivity contribution is 0.102. The van der Waals surface area contributed by atoms with Crippen molar-refractivity contribution in [2.75, 3.05) is 6.61 Å². The average Bonchev–Trinajstić information content (AvgIpc) is 3.09. The fraction of sp³-hybridized carbons (Fsp3) is 0.357. The van der Waals surface area contributed by atoms with Crippen molar-refractivity contribution in [3.05, 3.63) is 40.2 Å². The minimum atomic E-state index is -0.136. The Hall–Kier alpha value is -1.72. The van der Waals surface area contributed by atoms with Crippen molar-refractivity contribution in [3.63, 3.8) is 0 Å². The van der Waals surface area contributed by atoms with E-state index >= 15 is 0 Å². The smallest absolute Gasteiger partial charge is 0.172 e. The van der Waals surface area contributed by atoms with E-state index in [0.29, 0.717) is 23.0 Å². The average molecular weight is 292 g/mol. The molecule has 0 spiro atoms. The van der Waals surface area contributed by atoms with Crippen molar-refractivity contribution in [1.82, 2.24) is 15.0 Å². The molecular formula is C14H14ClN3O2. The molecule has 1 saturated heterocycles. The maximum atomic E-state index is 11.2. The largest absolute Gasteiger partial charge is 0.372 e. The first-order valence-corrected chi connectivity index (χ1v) is 6.88. The van der Waals surface area contributed by atoms with Gasteiger partial charge in [0.05, 0.1) is 5.69 Å². The molecule has 1 aliphatic heterocycles. The second-order valence-electron chi connectivity index (χ2n) is 4.78. The van der Waals surface area contributed by atoms with E-state index in [0.717, 1.165) is 30.4 Å². The van der Waals surface area contributed by atoms with Gasteiger partial charge in [0.1, 0.15) is 11.8 Å². The Morgan fingerprint density at radius 3 is 3.05 bits per heavy atom. The molecule has 1 unspecified atom stereocenters. The Labute approximate surface area is 121 Å². The summed E-state index contributed by atoms with van der Waals surface area (Å²) >= 11 is 6.15. The highest BCUT2D eigenvalue weighted by molar-refractivity contribution is 6.31. The van der Waals surface area contributed by atoms with Crippen molar-refractivity contribution in [2.24, 2.45) is 0 Å². The monoisotopic (exact) mass is 291 g/mol. The number of hydrogen-bond acceptors (Lipinski definition) is 4. The molecular weight excluding hydrogens is 278 g/mol. The molecule has 0 aliphatic carbocycles. The van der Waals surface area contributed by atoms with E-state index in [9.17, 15) is 4.79 Å². The summed E-state index contributed by atoms with van der Waals surface area (Å²) in [7, 11) is 0. The first-order valence-electron chi connectivity index (χ1n) is 6.50. The summed E-state index contributed by atoms with van der Waals surface area (Å²) in [6.07, 6.45) is 2.43. The quantitative estimate of drug-likeness (QED) is 0.816. The van der Waals surface area contributed by atoms with Crippen LogP contribution < -0.4 is 0 Å². The van der Waals surface area contributed by atoms with E-state index in [1.165, 1.54) is 0 Å². The zero-order chi connectivity index (χ0) is 14.1. The van der Waals surface area contributed by atoms with Crippen LogP contribution >= 0.6 is 11.6 Å². The lowest BCUT2D eigenvalue weighted by atomic mass is 10.1. The lowest BCUT2D eigenvalue weighted by Crippen LogP contribution is -2.10. The van der Waals surface area contributed by atoms with Gasteiger partial charge in [-0.25, -0.2) is 4.68 Å². The summed E-state index contributed by atoms with van der Waals surface area (Å²) in [6.45, 7) is 2.61. The molecule has 0 saturated carbocycles.